The monoisotopic (exact) mass is 298 g/mol. The molecule has 2 aliphatic rings. The Labute approximate surface area is 123 Å². The summed E-state index contributed by atoms with van der Waals surface area (Å²) in [6, 6.07) is 0. The number of carbonyl (C=O) groups is 3. The smallest absolute Gasteiger partial charge is 0.307 e. The summed E-state index contributed by atoms with van der Waals surface area (Å²) in [5, 5.41) is 2.67. The summed E-state index contributed by atoms with van der Waals surface area (Å²) in [5.41, 5.74) is 0. The van der Waals surface area contributed by atoms with Crippen molar-refractivity contribution in [2.24, 2.45) is 5.92 Å². The minimum atomic E-state index is -0.347. The number of nitrogens with zero attached hydrogens (tertiary/aromatic N) is 1. The molecule has 21 heavy (non-hydrogen) atoms. The van der Waals surface area contributed by atoms with Crippen molar-refractivity contribution in [3.05, 3.63) is 0 Å². The first kappa shape index (κ1) is 15.8. The predicted octanol–water partition coefficient (Wildman–Crippen LogP) is -0.307. The quantitative estimate of drug-likeness (QED) is 0.680. The minimum absolute atomic E-state index is 0.0247. The minimum Gasteiger partial charge on any atom is -0.469 e. The SMILES string of the molecule is COC(=O)CCN(CC1CCCO1)C(=O)C1CNC(=O)C1. The summed E-state index contributed by atoms with van der Waals surface area (Å²) >= 11 is 0. The van der Waals surface area contributed by atoms with Crippen LogP contribution in [-0.2, 0) is 23.9 Å². The molecule has 0 radical (unpaired) electrons. The van der Waals surface area contributed by atoms with Crippen molar-refractivity contribution in [2.75, 3.05) is 33.4 Å². The molecule has 0 aliphatic carbocycles. The van der Waals surface area contributed by atoms with Gasteiger partial charge in [0.15, 0.2) is 0 Å². The van der Waals surface area contributed by atoms with Crippen LogP contribution in [0.2, 0.25) is 0 Å². The number of ether oxygens (including phenoxy) is 2. The molecule has 0 spiro atoms. The van der Waals surface area contributed by atoms with E-state index >= 15 is 0 Å². The van der Waals surface area contributed by atoms with Gasteiger partial charge < -0.3 is 19.7 Å². The second kappa shape index (κ2) is 7.40. The van der Waals surface area contributed by atoms with Crippen LogP contribution in [0.15, 0.2) is 0 Å². The highest BCUT2D eigenvalue weighted by atomic mass is 16.5. The van der Waals surface area contributed by atoms with Gasteiger partial charge in [-0.05, 0) is 12.8 Å². The molecule has 0 aromatic carbocycles. The number of hydrogen-bond donors (Lipinski definition) is 1. The summed E-state index contributed by atoms with van der Waals surface area (Å²) in [6.45, 7) is 1.86. The third-order valence-corrected chi connectivity index (χ3v) is 3.90. The third-order valence-electron chi connectivity index (χ3n) is 3.90. The van der Waals surface area contributed by atoms with Gasteiger partial charge in [0.2, 0.25) is 11.8 Å². The highest BCUT2D eigenvalue weighted by Gasteiger charge is 2.33. The molecule has 0 bridgehead atoms. The van der Waals surface area contributed by atoms with Crippen LogP contribution in [0.5, 0.6) is 0 Å². The molecule has 2 rings (SSSR count). The van der Waals surface area contributed by atoms with Crippen LogP contribution in [0.25, 0.3) is 0 Å². The summed E-state index contributed by atoms with van der Waals surface area (Å²) in [4.78, 5) is 36.7. The van der Waals surface area contributed by atoms with Crippen LogP contribution in [0.3, 0.4) is 0 Å². The fraction of sp³-hybridized carbons (Fsp3) is 0.786. The lowest BCUT2D eigenvalue weighted by atomic mass is 10.1. The van der Waals surface area contributed by atoms with E-state index in [2.05, 4.69) is 10.1 Å². The normalized spacial score (nSPS) is 24.7. The fourth-order valence-electron chi connectivity index (χ4n) is 2.69. The lowest BCUT2D eigenvalue weighted by Crippen LogP contribution is -2.42. The van der Waals surface area contributed by atoms with E-state index in [4.69, 9.17) is 4.74 Å². The number of amides is 2. The number of methoxy groups -OCH3 is 1. The van der Waals surface area contributed by atoms with Crippen molar-refractivity contribution in [2.45, 2.75) is 31.8 Å². The van der Waals surface area contributed by atoms with Crippen LogP contribution in [0, 0.1) is 5.92 Å². The van der Waals surface area contributed by atoms with E-state index in [0.29, 0.717) is 26.2 Å². The molecule has 0 aromatic rings. The molecule has 118 valence electrons. The molecule has 2 unspecified atom stereocenters. The maximum absolute atomic E-state index is 12.5. The van der Waals surface area contributed by atoms with Gasteiger partial charge in [0.1, 0.15) is 0 Å². The Morgan fingerprint density at radius 1 is 1.48 bits per heavy atom. The van der Waals surface area contributed by atoms with E-state index in [1.807, 2.05) is 0 Å². The summed E-state index contributed by atoms with van der Waals surface area (Å²) in [7, 11) is 1.33. The lowest BCUT2D eigenvalue weighted by Gasteiger charge is -2.27. The van der Waals surface area contributed by atoms with E-state index in [9.17, 15) is 14.4 Å². The largest absolute Gasteiger partial charge is 0.469 e. The van der Waals surface area contributed by atoms with Gasteiger partial charge in [-0.1, -0.05) is 0 Å². The summed E-state index contributed by atoms with van der Waals surface area (Å²) in [6.07, 6.45) is 2.32. The van der Waals surface area contributed by atoms with Crippen molar-refractivity contribution < 1.29 is 23.9 Å². The van der Waals surface area contributed by atoms with Crippen molar-refractivity contribution in [1.82, 2.24) is 10.2 Å². The first-order chi connectivity index (χ1) is 10.1. The van der Waals surface area contributed by atoms with Crippen molar-refractivity contribution in [3.63, 3.8) is 0 Å². The van der Waals surface area contributed by atoms with Crippen molar-refractivity contribution >= 4 is 17.8 Å². The first-order valence-corrected chi connectivity index (χ1v) is 7.34. The Hall–Kier alpha value is -1.63. The zero-order chi connectivity index (χ0) is 15.2. The number of hydrogen-bond acceptors (Lipinski definition) is 5. The maximum Gasteiger partial charge on any atom is 0.307 e. The highest BCUT2D eigenvalue weighted by Crippen LogP contribution is 2.18. The van der Waals surface area contributed by atoms with E-state index in [1.165, 1.54) is 7.11 Å². The van der Waals surface area contributed by atoms with Crippen LogP contribution in [0.1, 0.15) is 25.7 Å². The topological polar surface area (TPSA) is 84.9 Å². The molecule has 2 atom stereocenters. The maximum atomic E-state index is 12.5. The molecule has 2 heterocycles. The second-order valence-electron chi connectivity index (χ2n) is 5.45. The summed E-state index contributed by atoms with van der Waals surface area (Å²) in [5.74, 6) is -0.872. The molecule has 1 N–H and O–H groups in total. The first-order valence-electron chi connectivity index (χ1n) is 7.34. The lowest BCUT2D eigenvalue weighted by molar-refractivity contribution is -0.143. The zero-order valence-corrected chi connectivity index (χ0v) is 12.3. The van der Waals surface area contributed by atoms with E-state index in [-0.39, 0.29) is 42.6 Å². The predicted molar refractivity (Wildman–Crippen MR) is 73.3 cm³/mol. The molecule has 0 aromatic heterocycles. The molecule has 7 nitrogen and oxygen atoms in total. The number of carbonyl (C=O) groups excluding carboxylic acids is 3. The Morgan fingerprint density at radius 2 is 2.29 bits per heavy atom. The Bertz CT molecular complexity index is 406. The van der Waals surface area contributed by atoms with Crippen LogP contribution in [-0.4, -0.2) is 62.1 Å². The van der Waals surface area contributed by atoms with E-state index < -0.39 is 0 Å². The van der Waals surface area contributed by atoms with Crippen molar-refractivity contribution in [3.8, 4) is 0 Å². The van der Waals surface area contributed by atoms with Crippen LogP contribution >= 0.6 is 0 Å². The standard InChI is InChI=1S/C14H22N2O5/c1-20-13(18)4-5-16(9-11-3-2-6-21-11)14(19)10-7-12(17)15-8-10/h10-11H,2-9H2,1H3,(H,15,17). The molecule has 2 amide bonds. The number of esters is 1. The van der Waals surface area contributed by atoms with Gasteiger partial charge in [-0.15, -0.1) is 0 Å². The Kier molecular flexibility index (Phi) is 5.55. The van der Waals surface area contributed by atoms with Gasteiger partial charge in [0, 0.05) is 32.7 Å². The van der Waals surface area contributed by atoms with Gasteiger partial charge in [-0.2, -0.15) is 0 Å². The average molecular weight is 298 g/mol. The Balaban J connectivity index is 1.93. The van der Waals surface area contributed by atoms with Gasteiger partial charge >= 0.3 is 5.97 Å². The highest BCUT2D eigenvalue weighted by molar-refractivity contribution is 5.89. The Morgan fingerprint density at radius 3 is 2.86 bits per heavy atom. The molecule has 7 heteroatoms. The molecule has 2 fully saturated rings. The number of nitrogens with one attached hydrogen (secondary N) is 1. The van der Waals surface area contributed by atoms with E-state index in [0.717, 1.165) is 12.8 Å². The van der Waals surface area contributed by atoms with Crippen molar-refractivity contribution in [1.29, 1.82) is 0 Å². The average Bonchev–Trinajstić information content (AvgIpc) is 3.13. The van der Waals surface area contributed by atoms with Gasteiger partial charge in [0.05, 0.1) is 25.6 Å². The van der Waals surface area contributed by atoms with Gasteiger partial charge in [0.25, 0.3) is 0 Å². The zero-order valence-electron chi connectivity index (χ0n) is 12.3. The molecule has 0 saturated carbocycles. The summed E-state index contributed by atoms with van der Waals surface area (Å²) < 4.78 is 10.2. The fourth-order valence-corrected chi connectivity index (χ4v) is 2.69. The van der Waals surface area contributed by atoms with Gasteiger partial charge in [-0.25, -0.2) is 0 Å². The molecule has 2 aliphatic heterocycles. The van der Waals surface area contributed by atoms with Gasteiger partial charge in [-0.3, -0.25) is 14.4 Å². The second-order valence-corrected chi connectivity index (χ2v) is 5.45. The molecular weight excluding hydrogens is 276 g/mol. The van der Waals surface area contributed by atoms with Crippen LogP contribution < -0.4 is 5.32 Å². The molecule has 2 saturated heterocycles. The molecular formula is C14H22N2O5. The third kappa shape index (κ3) is 4.42. The number of rotatable bonds is 6. The van der Waals surface area contributed by atoms with Crippen LogP contribution in [0.4, 0.5) is 0 Å². The van der Waals surface area contributed by atoms with E-state index in [1.54, 1.807) is 4.90 Å².